The van der Waals surface area contributed by atoms with E-state index in [0.29, 0.717) is 24.8 Å². The molecule has 1 heterocycles. The summed E-state index contributed by atoms with van der Waals surface area (Å²) in [5.74, 6) is -0.418. The molecule has 0 saturated heterocycles. The SMILES string of the molecule is COC(=O)CCCCCCC/C=C/CC1=C[C@H](Cc2ccccc2)N(C(=O)OC)C1=O. The highest BCUT2D eigenvalue weighted by atomic mass is 16.5. The Kier molecular flexibility index (Phi) is 10.6. The highest BCUT2D eigenvalue weighted by molar-refractivity contribution is 6.05. The zero-order valence-corrected chi connectivity index (χ0v) is 18.5. The lowest BCUT2D eigenvalue weighted by atomic mass is 10.0. The van der Waals surface area contributed by atoms with Crippen LogP contribution in [0.3, 0.4) is 0 Å². The quantitative estimate of drug-likeness (QED) is 0.267. The van der Waals surface area contributed by atoms with Crippen molar-refractivity contribution in [3.63, 3.8) is 0 Å². The first-order chi connectivity index (χ1) is 15.1. The molecule has 6 nitrogen and oxygen atoms in total. The van der Waals surface area contributed by atoms with Crippen molar-refractivity contribution in [1.82, 2.24) is 4.90 Å². The van der Waals surface area contributed by atoms with E-state index in [-0.39, 0.29) is 17.9 Å². The van der Waals surface area contributed by atoms with Gasteiger partial charge in [-0.15, -0.1) is 0 Å². The molecule has 2 rings (SSSR count). The van der Waals surface area contributed by atoms with Gasteiger partial charge < -0.3 is 9.47 Å². The second kappa shape index (κ2) is 13.4. The Balaban J connectivity index is 1.76. The van der Waals surface area contributed by atoms with E-state index in [4.69, 9.17) is 4.74 Å². The number of hydrogen-bond donors (Lipinski definition) is 0. The van der Waals surface area contributed by atoms with Gasteiger partial charge >= 0.3 is 12.1 Å². The number of benzene rings is 1. The van der Waals surface area contributed by atoms with E-state index in [2.05, 4.69) is 10.8 Å². The minimum absolute atomic E-state index is 0.143. The monoisotopic (exact) mass is 427 g/mol. The topological polar surface area (TPSA) is 72.9 Å². The molecule has 0 aromatic heterocycles. The molecule has 6 heteroatoms. The number of allylic oxidation sites excluding steroid dienone is 2. The van der Waals surface area contributed by atoms with E-state index in [9.17, 15) is 14.4 Å². The first-order valence-electron chi connectivity index (χ1n) is 10.9. The lowest BCUT2D eigenvalue weighted by Gasteiger charge is -2.21. The molecule has 1 aliphatic heterocycles. The molecule has 0 fully saturated rings. The van der Waals surface area contributed by atoms with Crippen LogP contribution in [0.15, 0.2) is 54.1 Å². The van der Waals surface area contributed by atoms with Crippen LogP contribution in [-0.4, -0.2) is 43.1 Å². The van der Waals surface area contributed by atoms with Gasteiger partial charge in [-0.25, -0.2) is 9.69 Å². The summed E-state index contributed by atoms with van der Waals surface area (Å²) in [4.78, 5) is 37.1. The lowest BCUT2D eigenvalue weighted by Crippen LogP contribution is -2.41. The molecule has 0 spiro atoms. The molecule has 1 aromatic rings. The van der Waals surface area contributed by atoms with Crippen molar-refractivity contribution in [2.45, 2.75) is 63.8 Å². The van der Waals surface area contributed by atoms with Gasteiger partial charge in [0.05, 0.1) is 20.3 Å². The molecule has 2 amide bonds. The van der Waals surface area contributed by atoms with E-state index in [1.807, 2.05) is 42.5 Å². The molecule has 1 atom stereocenters. The molecule has 1 aliphatic rings. The van der Waals surface area contributed by atoms with Gasteiger partial charge in [-0.1, -0.05) is 67.8 Å². The number of ether oxygens (including phenoxy) is 2. The first-order valence-corrected chi connectivity index (χ1v) is 10.9. The number of hydrogen-bond acceptors (Lipinski definition) is 5. The normalized spacial score (nSPS) is 15.9. The van der Waals surface area contributed by atoms with E-state index < -0.39 is 6.09 Å². The average molecular weight is 428 g/mol. The summed E-state index contributed by atoms with van der Waals surface area (Å²) in [6.07, 6.45) is 13.1. The first kappa shape index (κ1) is 24.4. The summed E-state index contributed by atoms with van der Waals surface area (Å²) < 4.78 is 9.46. The Bertz CT molecular complexity index is 784. The Labute approximate surface area is 184 Å². The molecule has 0 aliphatic carbocycles. The second-order valence-corrected chi connectivity index (χ2v) is 7.65. The highest BCUT2D eigenvalue weighted by Gasteiger charge is 2.37. The molecule has 168 valence electrons. The van der Waals surface area contributed by atoms with Gasteiger partial charge in [0, 0.05) is 12.0 Å². The molecular formula is C25H33NO5. The number of amides is 2. The van der Waals surface area contributed by atoms with Gasteiger partial charge in [-0.05, 0) is 37.7 Å². The standard InChI is InChI=1S/C25H33NO5/c1-30-23(27)17-13-8-6-4-3-5-7-12-16-21-19-22(18-20-14-10-9-11-15-20)26(24(21)28)25(29)31-2/h7,9-12,14-15,19,22H,3-6,8,13,16-18H2,1-2H3/b12-7+/t22-/m0/s1. The fraction of sp³-hybridized carbons (Fsp3) is 0.480. The zero-order chi connectivity index (χ0) is 22.5. The van der Waals surface area contributed by atoms with Crippen molar-refractivity contribution in [2.24, 2.45) is 0 Å². The van der Waals surface area contributed by atoms with Gasteiger partial charge in [0.15, 0.2) is 0 Å². The van der Waals surface area contributed by atoms with Crippen molar-refractivity contribution >= 4 is 18.0 Å². The predicted octanol–water partition coefficient (Wildman–Crippen LogP) is 4.98. The largest absolute Gasteiger partial charge is 0.469 e. The third-order valence-electron chi connectivity index (χ3n) is 5.36. The number of rotatable bonds is 12. The third kappa shape index (κ3) is 8.04. The van der Waals surface area contributed by atoms with E-state index in [0.717, 1.165) is 44.1 Å². The van der Waals surface area contributed by atoms with Crippen molar-refractivity contribution < 1.29 is 23.9 Å². The van der Waals surface area contributed by atoms with E-state index >= 15 is 0 Å². The Morgan fingerprint density at radius 2 is 1.68 bits per heavy atom. The average Bonchev–Trinajstić information content (AvgIpc) is 3.09. The van der Waals surface area contributed by atoms with Crippen LogP contribution in [0, 0.1) is 0 Å². The third-order valence-corrected chi connectivity index (χ3v) is 5.36. The fourth-order valence-electron chi connectivity index (χ4n) is 3.65. The number of methoxy groups -OCH3 is 2. The van der Waals surface area contributed by atoms with Crippen LogP contribution in [0.2, 0.25) is 0 Å². The number of carbonyl (C=O) groups is 3. The maximum absolute atomic E-state index is 12.7. The number of nitrogens with zero attached hydrogens (tertiary/aromatic N) is 1. The zero-order valence-electron chi connectivity index (χ0n) is 18.5. The van der Waals surface area contributed by atoms with Crippen LogP contribution in [0.4, 0.5) is 4.79 Å². The maximum Gasteiger partial charge on any atom is 0.417 e. The number of imide groups is 1. The number of esters is 1. The fourth-order valence-corrected chi connectivity index (χ4v) is 3.65. The van der Waals surface area contributed by atoms with E-state index in [1.165, 1.54) is 19.1 Å². The summed E-state index contributed by atoms with van der Waals surface area (Å²) in [6.45, 7) is 0. The van der Waals surface area contributed by atoms with Crippen LogP contribution >= 0.6 is 0 Å². The van der Waals surface area contributed by atoms with Gasteiger partial charge in [0.2, 0.25) is 0 Å². The Hall–Kier alpha value is -2.89. The van der Waals surface area contributed by atoms with Crippen molar-refractivity contribution in [3.05, 3.63) is 59.7 Å². The van der Waals surface area contributed by atoms with Crippen LogP contribution in [0.5, 0.6) is 0 Å². The molecule has 0 saturated carbocycles. The molecular weight excluding hydrogens is 394 g/mol. The molecule has 31 heavy (non-hydrogen) atoms. The predicted molar refractivity (Wildman–Crippen MR) is 119 cm³/mol. The van der Waals surface area contributed by atoms with Crippen LogP contribution in [0.25, 0.3) is 0 Å². The second-order valence-electron chi connectivity index (χ2n) is 7.65. The van der Waals surface area contributed by atoms with Crippen LogP contribution in [0.1, 0.15) is 56.9 Å². The highest BCUT2D eigenvalue weighted by Crippen LogP contribution is 2.25. The molecule has 0 unspecified atom stereocenters. The summed E-state index contributed by atoms with van der Waals surface area (Å²) in [7, 11) is 2.71. The molecule has 0 N–H and O–H groups in total. The maximum atomic E-state index is 12.7. The number of carbonyl (C=O) groups excluding carboxylic acids is 3. The smallest absolute Gasteiger partial charge is 0.417 e. The summed E-state index contributed by atoms with van der Waals surface area (Å²) in [5.41, 5.74) is 1.69. The van der Waals surface area contributed by atoms with Gasteiger partial charge in [-0.2, -0.15) is 0 Å². The van der Waals surface area contributed by atoms with Crippen molar-refractivity contribution in [1.29, 1.82) is 0 Å². The van der Waals surface area contributed by atoms with Crippen molar-refractivity contribution in [3.8, 4) is 0 Å². The molecule has 0 bridgehead atoms. The lowest BCUT2D eigenvalue weighted by molar-refractivity contribution is -0.140. The molecule has 0 radical (unpaired) electrons. The Morgan fingerprint density at radius 3 is 2.39 bits per heavy atom. The van der Waals surface area contributed by atoms with Gasteiger partial charge in [0.1, 0.15) is 0 Å². The Morgan fingerprint density at radius 1 is 0.968 bits per heavy atom. The summed E-state index contributed by atoms with van der Waals surface area (Å²) in [6, 6.07) is 9.48. The van der Waals surface area contributed by atoms with Crippen molar-refractivity contribution in [2.75, 3.05) is 14.2 Å². The summed E-state index contributed by atoms with van der Waals surface area (Å²) >= 11 is 0. The van der Waals surface area contributed by atoms with Gasteiger partial charge in [-0.3, -0.25) is 9.59 Å². The minimum Gasteiger partial charge on any atom is -0.469 e. The van der Waals surface area contributed by atoms with E-state index in [1.54, 1.807) is 0 Å². The molecule has 1 aromatic carbocycles. The van der Waals surface area contributed by atoms with Crippen LogP contribution in [-0.2, 0) is 25.5 Å². The number of unbranched alkanes of at least 4 members (excludes halogenated alkanes) is 5. The minimum atomic E-state index is -0.617. The van der Waals surface area contributed by atoms with Crippen LogP contribution < -0.4 is 0 Å². The summed E-state index contributed by atoms with van der Waals surface area (Å²) in [5, 5.41) is 0. The van der Waals surface area contributed by atoms with Gasteiger partial charge in [0.25, 0.3) is 5.91 Å².